The van der Waals surface area contributed by atoms with E-state index in [9.17, 15) is 0 Å². The van der Waals surface area contributed by atoms with Crippen molar-refractivity contribution in [3.05, 3.63) is 12.4 Å². The SMILES string of the molecule is CCn1ccnc1N1CCOCC(Cl)C1. The van der Waals surface area contributed by atoms with Crippen molar-refractivity contribution in [1.82, 2.24) is 9.55 Å². The van der Waals surface area contributed by atoms with Crippen molar-refractivity contribution in [1.29, 1.82) is 0 Å². The topological polar surface area (TPSA) is 30.3 Å². The zero-order valence-corrected chi connectivity index (χ0v) is 9.65. The Bertz CT molecular complexity index is 315. The van der Waals surface area contributed by atoms with Gasteiger partial charge in [-0.15, -0.1) is 11.6 Å². The summed E-state index contributed by atoms with van der Waals surface area (Å²) in [5.74, 6) is 0.994. The maximum Gasteiger partial charge on any atom is 0.205 e. The number of hydrogen-bond donors (Lipinski definition) is 0. The lowest BCUT2D eigenvalue weighted by atomic mass is 10.4. The Hall–Kier alpha value is -0.740. The first-order valence-electron chi connectivity index (χ1n) is 5.29. The highest BCUT2D eigenvalue weighted by Crippen LogP contribution is 2.15. The fourth-order valence-electron chi connectivity index (χ4n) is 1.78. The van der Waals surface area contributed by atoms with E-state index in [0.717, 1.165) is 32.2 Å². The van der Waals surface area contributed by atoms with E-state index in [2.05, 4.69) is 21.4 Å². The van der Waals surface area contributed by atoms with Crippen molar-refractivity contribution in [3.63, 3.8) is 0 Å². The molecule has 1 atom stereocenters. The smallest absolute Gasteiger partial charge is 0.205 e. The third kappa shape index (κ3) is 2.44. The largest absolute Gasteiger partial charge is 0.378 e. The van der Waals surface area contributed by atoms with E-state index in [1.54, 1.807) is 0 Å². The first kappa shape index (κ1) is 10.8. The molecule has 1 aliphatic rings. The monoisotopic (exact) mass is 229 g/mol. The minimum atomic E-state index is 0.0505. The summed E-state index contributed by atoms with van der Waals surface area (Å²) in [5, 5.41) is 0.0505. The molecular weight excluding hydrogens is 214 g/mol. The lowest BCUT2D eigenvalue weighted by Crippen LogP contribution is -2.32. The molecule has 2 rings (SSSR count). The maximum atomic E-state index is 6.12. The predicted octanol–water partition coefficient (Wildman–Crippen LogP) is 1.35. The lowest BCUT2D eigenvalue weighted by Gasteiger charge is -2.22. The summed E-state index contributed by atoms with van der Waals surface area (Å²) in [4.78, 5) is 6.55. The molecule has 5 heteroatoms. The molecular formula is C10H16ClN3O. The molecule has 0 amide bonds. The molecule has 0 N–H and O–H groups in total. The Morgan fingerprint density at radius 1 is 1.67 bits per heavy atom. The molecule has 1 saturated heterocycles. The van der Waals surface area contributed by atoms with E-state index in [0.29, 0.717) is 6.61 Å². The number of ether oxygens (including phenoxy) is 1. The summed E-state index contributed by atoms with van der Waals surface area (Å²) in [5.41, 5.74) is 0. The number of aromatic nitrogens is 2. The van der Waals surface area contributed by atoms with Crippen molar-refractivity contribution < 1.29 is 4.74 Å². The van der Waals surface area contributed by atoms with Crippen LogP contribution in [0.5, 0.6) is 0 Å². The molecule has 0 aromatic carbocycles. The summed E-state index contributed by atoms with van der Waals surface area (Å²) < 4.78 is 7.52. The summed E-state index contributed by atoms with van der Waals surface area (Å²) in [6.45, 7) is 6.06. The summed E-state index contributed by atoms with van der Waals surface area (Å²) in [6.07, 6.45) is 3.82. The molecule has 0 saturated carbocycles. The minimum Gasteiger partial charge on any atom is -0.378 e. The lowest BCUT2D eigenvalue weighted by molar-refractivity contribution is 0.154. The zero-order valence-electron chi connectivity index (χ0n) is 8.90. The van der Waals surface area contributed by atoms with E-state index in [1.165, 1.54) is 0 Å². The van der Waals surface area contributed by atoms with E-state index in [1.807, 2.05) is 12.4 Å². The number of nitrogens with zero attached hydrogens (tertiary/aromatic N) is 3. The number of imidazole rings is 1. The van der Waals surface area contributed by atoms with Crippen molar-refractivity contribution >= 4 is 17.5 Å². The highest BCUT2D eigenvalue weighted by atomic mass is 35.5. The van der Waals surface area contributed by atoms with Gasteiger partial charge in [-0.2, -0.15) is 0 Å². The van der Waals surface area contributed by atoms with Gasteiger partial charge in [-0.25, -0.2) is 4.98 Å². The Morgan fingerprint density at radius 3 is 3.33 bits per heavy atom. The number of rotatable bonds is 2. The molecule has 15 heavy (non-hydrogen) atoms. The van der Waals surface area contributed by atoms with Crippen LogP contribution in [0.4, 0.5) is 5.95 Å². The van der Waals surface area contributed by atoms with Gasteiger partial charge >= 0.3 is 0 Å². The summed E-state index contributed by atoms with van der Waals surface area (Å²) >= 11 is 6.12. The quantitative estimate of drug-likeness (QED) is 0.718. The van der Waals surface area contributed by atoms with E-state index in [4.69, 9.17) is 16.3 Å². The van der Waals surface area contributed by atoms with Crippen LogP contribution in [0.3, 0.4) is 0 Å². The third-order valence-corrected chi connectivity index (χ3v) is 2.80. The fraction of sp³-hybridized carbons (Fsp3) is 0.700. The van der Waals surface area contributed by atoms with Gasteiger partial charge < -0.3 is 14.2 Å². The van der Waals surface area contributed by atoms with E-state index < -0.39 is 0 Å². The molecule has 2 heterocycles. The highest BCUT2D eigenvalue weighted by Gasteiger charge is 2.19. The normalized spacial score (nSPS) is 22.8. The van der Waals surface area contributed by atoms with Crippen molar-refractivity contribution in [3.8, 4) is 0 Å². The maximum absolute atomic E-state index is 6.12. The standard InChI is InChI=1S/C10H16ClN3O/c1-2-13-4-3-12-10(13)14-5-6-15-8-9(11)7-14/h3-4,9H,2,5-8H2,1H3. The Morgan fingerprint density at radius 2 is 2.53 bits per heavy atom. The van der Waals surface area contributed by atoms with E-state index in [-0.39, 0.29) is 5.38 Å². The molecule has 0 radical (unpaired) electrons. The van der Waals surface area contributed by atoms with Crippen molar-refractivity contribution in [2.45, 2.75) is 18.8 Å². The molecule has 1 aromatic rings. The van der Waals surface area contributed by atoms with Crippen LogP contribution in [0, 0.1) is 0 Å². The second kappa shape index (κ2) is 4.86. The average molecular weight is 230 g/mol. The fourth-order valence-corrected chi connectivity index (χ4v) is 2.04. The van der Waals surface area contributed by atoms with Crippen LogP contribution in [-0.4, -0.2) is 41.2 Å². The van der Waals surface area contributed by atoms with Gasteiger partial charge in [-0.05, 0) is 6.92 Å². The van der Waals surface area contributed by atoms with Crippen LogP contribution in [0.25, 0.3) is 0 Å². The van der Waals surface area contributed by atoms with Crippen LogP contribution in [0.2, 0.25) is 0 Å². The van der Waals surface area contributed by atoms with Crippen LogP contribution in [0.15, 0.2) is 12.4 Å². The first-order chi connectivity index (χ1) is 7.31. The molecule has 0 spiro atoms. The van der Waals surface area contributed by atoms with Gasteiger partial charge in [-0.3, -0.25) is 0 Å². The summed E-state index contributed by atoms with van der Waals surface area (Å²) in [6, 6.07) is 0. The van der Waals surface area contributed by atoms with Gasteiger partial charge in [0.1, 0.15) is 0 Å². The van der Waals surface area contributed by atoms with Crippen molar-refractivity contribution in [2.75, 3.05) is 31.2 Å². The van der Waals surface area contributed by atoms with Gasteiger partial charge in [-0.1, -0.05) is 0 Å². The first-order valence-corrected chi connectivity index (χ1v) is 5.72. The highest BCUT2D eigenvalue weighted by molar-refractivity contribution is 6.21. The third-order valence-electron chi connectivity index (χ3n) is 2.54. The Labute approximate surface area is 94.8 Å². The van der Waals surface area contributed by atoms with Crippen LogP contribution in [0.1, 0.15) is 6.92 Å². The molecule has 0 bridgehead atoms. The van der Waals surface area contributed by atoms with Gasteiger partial charge in [0, 0.05) is 32.0 Å². The Balaban J connectivity index is 2.14. The molecule has 84 valence electrons. The number of halogens is 1. The number of hydrogen-bond acceptors (Lipinski definition) is 3. The van der Waals surface area contributed by atoms with Crippen LogP contribution >= 0.6 is 11.6 Å². The molecule has 0 aliphatic carbocycles. The van der Waals surface area contributed by atoms with Gasteiger partial charge in [0.05, 0.1) is 18.6 Å². The number of anilines is 1. The average Bonchev–Trinajstić information content (AvgIpc) is 2.61. The van der Waals surface area contributed by atoms with Gasteiger partial charge in [0.25, 0.3) is 0 Å². The molecule has 1 fully saturated rings. The van der Waals surface area contributed by atoms with Crippen LogP contribution < -0.4 is 4.90 Å². The number of alkyl halides is 1. The minimum absolute atomic E-state index is 0.0505. The van der Waals surface area contributed by atoms with E-state index >= 15 is 0 Å². The zero-order chi connectivity index (χ0) is 10.7. The van der Waals surface area contributed by atoms with Crippen LogP contribution in [-0.2, 0) is 11.3 Å². The Kier molecular flexibility index (Phi) is 3.49. The number of aryl methyl sites for hydroxylation is 1. The van der Waals surface area contributed by atoms with Gasteiger partial charge in [0.2, 0.25) is 5.95 Å². The predicted molar refractivity (Wildman–Crippen MR) is 60.6 cm³/mol. The second-order valence-electron chi connectivity index (χ2n) is 3.63. The molecule has 1 aromatic heterocycles. The molecule has 1 aliphatic heterocycles. The molecule has 4 nitrogen and oxygen atoms in total. The van der Waals surface area contributed by atoms with Gasteiger partial charge in [0.15, 0.2) is 0 Å². The second-order valence-corrected chi connectivity index (χ2v) is 4.25. The summed E-state index contributed by atoms with van der Waals surface area (Å²) in [7, 11) is 0. The molecule has 1 unspecified atom stereocenters. The van der Waals surface area contributed by atoms with Crippen molar-refractivity contribution in [2.24, 2.45) is 0 Å².